The Morgan fingerprint density at radius 1 is 1.55 bits per heavy atom. The molecule has 0 saturated carbocycles. The van der Waals surface area contributed by atoms with Crippen molar-refractivity contribution in [2.45, 2.75) is 45.6 Å². The van der Waals surface area contributed by atoms with Gasteiger partial charge in [0.1, 0.15) is 0 Å². The monoisotopic (exact) mass is 437 g/mol. The number of nitrogens with one attached hydrogen (secondary N) is 1. The summed E-state index contributed by atoms with van der Waals surface area (Å²) in [6.45, 7) is 8.26. The molecule has 22 heavy (non-hydrogen) atoms. The lowest BCUT2D eigenvalue weighted by Crippen LogP contribution is -2.36. The summed E-state index contributed by atoms with van der Waals surface area (Å²) in [4.78, 5) is 11.5. The maximum atomic E-state index is 5.94. The Labute approximate surface area is 154 Å². The molecule has 7 heteroatoms. The zero-order valence-electron chi connectivity index (χ0n) is 13.5. The number of rotatable bonds is 7. The van der Waals surface area contributed by atoms with Crippen molar-refractivity contribution in [3.05, 3.63) is 16.1 Å². The number of halogens is 1. The van der Waals surface area contributed by atoms with Gasteiger partial charge in [-0.25, -0.2) is 4.98 Å². The lowest BCUT2D eigenvalue weighted by molar-refractivity contribution is 0.273. The van der Waals surface area contributed by atoms with Crippen molar-refractivity contribution in [1.82, 2.24) is 15.2 Å². The number of thiazole rings is 1. The summed E-state index contributed by atoms with van der Waals surface area (Å²) in [5.41, 5.74) is 7.08. The van der Waals surface area contributed by atoms with Gasteiger partial charge in [-0.05, 0) is 32.4 Å². The number of nitrogens with two attached hydrogens (primary N) is 1. The fraction of sp³-hybridized carbons (Fsp3) is 0.733. The average molecular weight is 437 g/mol. The van der Waals surface area contributed by atoms with E-state index in [0.717, 1.165) is 38.2 Å². The summed E-state index contributed by atoms with van der Waals surface area (Å²) >= 11 is 1.73. The van der Waals surface area contributed by atoms with Crippen molar-refractivity contribution < 1.29 is 0 Å². The fourth-order valence-corrected chi connectivity index (χ4v) is 3.50. The predicted molar refractivity (Wildman–Crippen MR) is 105 cm³/mol. The minimum Gasteiger partial charge on any atom is -0.370 e. The van der Waals surface area contributed by atoms with Crippen LogP contribution in [0.4, 0.5) is 0 Å². The second-order valence-electron chi connectivity index (χ2n) is 5.41. The Bertz CT molecular complexity index is 463. The molecule has 126 valence electrons. The van der Waals surface area contributed by atoms with Crippen LogP contribution in [-0.4, -0.2) is 48.1 Å². The second-order valence-corrected chi connectivity index (χ2v) is 6.36. The van der Waals surface area contributed by atoms with Crippen LogP contribution in [-0.2, 0) is 12.8 Å². The molecule has 0 aromatic carbocycles. The third-order valence-corrected chi connectivity index (χ3v) is 5.01. The van der Waals surface area contributed by atoms with E-state index in [-0.39, 0.29) is 24.0 Å². The largest absolute Gasteiger partial charge is 0.370 e. The quantitative estimate of drug-likeness (QED) is 0.390. The maximum absolute atomic E-state index is 5.94. The fourth-order valence-electron chi connectivity index (χ4n) is 2.72. The van der Waals surface area contributed by atoms with Crippen LogP contribution < -0.4 is 11.1 Å². The van der Waals surface area contributed by atoms with Gasteiger partial charge in [-0.1, -0.05) is 13.8 Å². The number of guanidine groups is 1. The topological polar surface area (TPSA) is 66.5 Å². The lowest BCUT2D eigenvalue weighted by atomic mass is 10.2. The third-order valence-electron chi connectivity index (χ3n) is 3.97. The molecular weight excluding hydrogens is 409 g/mol. The first-order valence-electron chi connectivity index (χ1n) is 7.94. The van der Waals surface area contributed by atoms with E-state index in [9.17, 15) is 0 Å². The molecule has 0 amide bonds. The molecule has 5 nitrogen and oxygen atoms in total. The van der Waals surface area contributed by atoms with Crippen LogP contribution in [0, 0.1) is 0 Å². The Morgan fingerprint density at radius 3 is 3.05 bits per heavy atom. The van der Waals surface area contributed by atoms with Gasteiger partial charge in [0.2, 0.25) is 0 Å². The van der Waals surface area contributed by atoms with Crippen LogP contribution >= 0.6 is 35.3 Å². The summed E-state index contributed by atoms with van der Waals surface area (Å²) in [7, 11) is 0. The van der Waals surface area contributed by atoms with Gasteiger partial charge in [-0.2, -0.15) is 0 Å². The van der Waals surface area contributed by atoms with Crippen LogP contribution in [0.15, 0.2) is 10.4 Å². The van der Waals surface area contributed by atoms with E-state index in [4.69, 9.17) is 5.73 Å². The zero-order chi connectivity index (χ0) is 15.1. The highest BCUT2D eigenvalue weighted by Crippen LogP contribution is 2.16. The normalized spacial score (nSPS) is 19.2. The highest BCUT2D eigenvalue weighted by molar-refractivity contribution is 14.0. The summed E-state index contributed by atoms with van der Waals surface area (Å²) in [5.74, 6) is 0.559. The van der Waals surface area contributed by atoms with Crippen LogP contribution in [0.5, 0.6) is 0 Å². The van der Waals surface area contributed by atoms with Gasteiger partial charge in [0, 0.05) is 24.4 Å². The van der Waals surface area contributed by atoms with Gasteiger partial charge in [0.15, 0.2) is 5.96 Å². The molecule has 1 unspecified atom stereocenters. The molecular formula is C15H28IN5S. The summed E-state index contributed by atoms with van der Waals surface area (Å²) < 4.78 is 0. The number of aliphatic imine (C=N–C) groups is 1. The zero-order valence-corrected chi connectivity index (χ0v) is 16.7. The summed E-state index contributed by atoms with van der Waals surface area (Å²) in [6.07, 6.45) is 4.43. The van der Waals surface area contributed by atoms with Crippen molar-refractivity contribution in [3.63, 3.8) is 0 Å². The Balaban J connectivity index is 0.00000242. The van der Waals surface area contributed by atoms with Gasteiger partial charge >= 0.3 is 0 Å². The highest BCUT2D eigenvalue weighted by Gasteiger charge is 2.22. The molecule has 1 fully saturated rings. The number of aromatic nitrogens is 1. The van der Waals surface area contributed by atoms with Crippen LogP contribution in [0.1, 0.15) is 37.4 Å². The predicted octanol–water partition coefficient (Wildman–Crippen LogP) is 2.25. The van der Waals surface area contributed by atoms with Gasteiger partial charge in [0.25, 0.3) is 0 Å². The standard InChI is InChI=1S/C15H27N5S.HI/c1-3-14-19-12(11-21-14)7-8-17-15(16)18-10-13-6-5-9-20(13)4-2;/h11,13H,3-10H2,1-2H3,(H3,16,17,18);1H. The van der Waals surface area contributed by atoms with E-state index in [1.807, 2.05) is 0 Å². The molecule has 1 aromatic rings. The summed E-state index contributed by atoms with van der Waals surface area (Å²) in [5, 5.41) is 6.52. The minimum atomic E-state index is 0. The Kier molecular flexibility index (Phi) is 9.27. The molecule has 0 aliphatic carbocycles. The van der Waals surface area contributed by atoms with E-state index >= 15 is 0 Å². The van der Waals surface area contributed by atoms with Gasteiger partial charge in [0.05, 0.1) is 17.2 Å². The van der Waals surface area contributed by atoms with Crippen molar-refractivity contribution in [1.29, 1.82) is 0 Å². The molecule has 1 aliphatic rings. The third kappa shape index (κ3) is 6.00. The molecule has 1 saturated heterocycles. The molecule has 0 radical (unpaired) electrons. The number of aryl methyl sites for hydroxylation is 1. The number of hydrogen-bond donors (Lipinski definition) is 2. The summed E-state index contributed by atoms with van der Waals surface area (Å²) in [6, 6.07) is 0.570. The van der Waals surface area contributed by atoms with E-state index in [0.29, 0.717) is 12.0 Å². The van der Waals surface area contributed by atoms with E-state index in [2.05, 4.69) is 39.4 Å². The van der Waals surface area contributed by atoms with E-state index in [1.165, 1.54) is 24.4 Å². The first kappa shape index (κ1) is 19.6. The minimum absolute atomic E-state index is 0. The van der Waals surface area contributed by atoms with Crippen molar-refractivity contribution in [2.24, 2.45) is 10.7 Å². The van der Waals surface area contributed by atoms with Crippen molar-refractivity contribution in [2.75, 3.05) is 26.2 Å². The lowest BCUT2D eigenvalue weighted by Gasteiger charge is -2.20. The Morgan fingerprint density at radius 2 is 2.36 bits per heavy atom. The van der Waals surface area contributed by atoms with Gasteiger partial charge in [-0.3, -0.25) is 9.89 Å². The molecule has 2 rings (SSSR count). The number of nitrogens with zero attached hydrogens (tertiary/aromatic N) is 3. The van der Waals surface area contributed by atoms with Crippen molar-refractivity contribution >= 4 is 41.3 Å². The first-order chi connectivity index (χ1) is 10.2. The number of hydrogen-bond acceptors (Lipinski definition) is 4. The molecule has 1 aliphatic heterocycles. The van der Waals surface area contributed by atoms with Crippen LogP contribution in [0.3, 0.4) is 0 Å². The van der Waals surface area contributed by atoms with Crippen LogP contribution in [0.2, 0.25) is 0 Å². The van der Waals surface area contributed by atoms with E-state index in [1.54, 1.807) is 11.3 Å². The average Bonchev–Trinajstić information content (AvgIpc) is 3.13. The molecule has 0 spiro atoms. The smallest absolute Gasteiger partial charge is 0.188 e. The first-order valence-corrected chi connectivity index (χ1v) is 8.82. The molecule has 2 heterocycles. The highest BCUT2D eigenvalue weighted by atomic mass is 127. The maximum Gasteiger partial charge on any atom is 0.188 e. The molecule has 3 N–H and O–H groups in total. The second kappa shape index (κ2) is 10.4. The number of likely N-dealkylation sites (N-methyl/N-ethyl adjacent to an activating group) is 1. The van der Waals surface area contributed by atoms with Gasteiger partial charge < -0.3 is 11.1 Å². The number of likely N-dealkylation sites (tertiary alicyclic amines) is 1. The van der Waals surface area contributed by atoms with E-state index < -0.39 is 0 Å². The molecule has 1 atom stereocenters. The molecule has 0 bridgehead atoms. The molecule has 1 aromatic heterocycles. The SMILES string of the molecule is CCc1nc(CCNC(N)=NCC2CCCN2CC)cs1.I. The van der Waals surface area contributed by atoms with Gasteiger partial charge in [-0.15, -0.1) is 35.3 Å². The van der Waals surface area contributed by atoms with Crippen molar-refractivity contribution in [3.8, 4) is 0 Å². The Hall–Kier alpha value is -0.410. The van der Waals surface area contributed by atoms with Crippen LogP contribution in [0.25, 0.3) is 0 Å².